The van der Waals surface area contributed by atoms with E-state index in [1.54, 1.807) is 0 Å². The molecule has 0 unspecified atom stereocenters. The summed E-state index contributed by atoms with van der Waals surface area (Å²) in [5.41, 5.74) is 4.25. The molecule has 0 bridgehead atoms. The predicted octanol–water partition coefficient (Wildman–Crippen LogP) is 4.96. The molecule has 24 heavy (non-hydrogen) atoms. The Morgan fingerprint density at radius 1 is 0.750 bits per heavy atom. The van der Waals surface area contributed by atoms with Gasteiger partial charge in [-0.25, -0.2) is 4.79 Å². The molecule has 0 amide bonds. The lowest BCUT2D eigenvalue weighted by Gasteiger charge is -2.05. The van der Waals surface area contributed by atoms with Gasteiger partial charge in [-0.1, -0.05) is 0 Å². The third kappa shape index (κ3) is 6.13. The Kier molecular flexibility index (Phi) is 6.13. The van der Waals surface area contributed by atoms with Gasteiger partial charge in [0.15, 0.2) is 0 Å². The van der Waals surface area contributed by atoms with Crippen LogP contribution in [0.5, 0.6) is 0 Å². The van der Waals surface area contributed by atoms with Crippen molar-refractivity contribution in [2.45, 2.75) is 12.4 Å². The van der Waals surface area contributed by atoms with Crippen LogP contribution in [-0.4, -0.2) is 6.08 Å². The standard InChI is InChI=1S/C8H4F3NO.C7H6F3N/c9-8(10,11)6-1-3-7(4-2-6)12-5-13;8-7(9,10)5-1-3-6(11)4-2-5/h1-4H;1-4H,11H2. The third-order valence-electron chi connectivity index (χ3n) is 2.61. The minimum atomic E-state index is -4.36. The van der Waals surface area contributed by atoms with Crippen molar-refractivity contribution in [2.24, 2.45) is 4.99 Å². The van der Waals surface area contributed by atoms with E-state index in [0.29, 0.717) is 5.69 Å². The molecule has 9 heteroatoms. The molecule has 0 saturated heterocycles. The lowest BCUT2D eigenvalue weighted by Crippen LogP contribution is -2.04. The van der Waals surface area contributed by atoms with Crippen LogP contribution in [0.4, 0.5) is 37.7 Å². The molecule has 2 aromatic rings. The molecule has 128 valence electrons. The number of alkyl halides is 6. The fraction of sp³-hybridized carbons (Fsp3) is 0.133. The number of nitrogens with zero attached hydrogens (tertiary/aromatic N) is 1. The number of rotatable bonds is 1. The summed E-state index contributed by atoms with van der Waals surface area (Å²) in [6.07, 6.45) is -7.39. The average Bonchev–Trinajstić information content (AvgIpc) is 2.47. The highest BCUT2D eigenvalue weighted by Gasteiger charge is 2.30. The van der Waals surface area contributed by atoms with Crippen LogP contribution in [-0.2, 0) is 17.1 Å². The van der Waals surface area contributed by atoms with Gasteiger partial charge in [0.2, 0.25) is 6.08 Å². The zero-order valence-corrected chi connectivity index (χ0v) is 11.8. The maximum absolute atomic E-state index is 12.0. The van der Waals surface area contributed by atoms with Gasteiger partial charge < -0.3 is 5.73 Å². The molecular weight excluding hydrogens is 338 g/mol. The summed E-state index contributed by atoms with van der Waals surface area (Å²) in [5.74, 6) is 0. The van der Waals surface area contributed by atoms with Crippen LogP contribution < -0.4 is 5.73 Å². The normalized spacial score (nSPS) is 11.1. The molecule has 0 heterocycles. The number of hydrogen-bond donors (Lipinski definition) is 1. The van der Waals surface area contributed by atoms with Crippen LogP contribution in [0.25, 0.3) is 0 Å². The van der Waals surface area contributed by atoms with E-state index >= 15 is 0 Å². The van der Waals surface area contributed by atoms with Crippen LogP contribution in [0.15, 0.2) is 53.5 Å². The summed E-state index contributed by atoms with van der Waals surface area (Å²) in [4.78, 5) is 12.9. The second kappa shape index (κ2) is 7.65. The van der Waals surface area contributed by atoms with Crippen molar-refractivity contribution < 1.29 is 31.1 Å². The number of nitrogen functional groups attached to an aromatic ring is 1. The van der Waals surface area contributed by atoms with Crippen molar-refractivity contribution in [3.63, 3.8) is 0 Å². The summed E-state index contributed by atoms with van der Waals surface area (Å²) in [7, 11) is 0. The Hall–Kier alpha value is -2.80. The number of hydrogen-bond acceptors (Lipinski definition) is 3. The Bertz CT molecular complexity index is 699. The van der Waals surface area contributed by atoms with Gasteiger partial charge in [-0.05, 0) is 48.5 Å². The molecule has 0 radical (unpaired) electrons. The number of benzene rings is 2. The number of carbonyl (C=O) groups excluding carboxylic acids is 1. The van der Waals surface area contributed by atoms with E-state index < -0.39 is 23.5 Å². The number of halogens is 6. The van der Waals surface area contributed by atoms with Crippen LogP contribution in [0.1, 0.15) is 11.1 Å². The molecule has 0 atom stereocenters. The molecule has 0 aliphatic heterocycles. The highest BCUT2D eigenvalue weighted by atomic mass is 19.4. The van der Waals surface area contributed by atoms with Crippen LogP contribution in [0, 0.1) is 0 Å². The monoisotopic (exact) mass is 348 g/mol. The van der Waals surface area contributed by atoms with E-state index in [9.17, 15) is 31.1 Å². The lowest BCUT2D eigenvalue weighted by atomic mass is 10.2. The summed E-state index contributed by atoms with van der Waals surface area (Å²) in [6, 6.07) is 8.28. The van der Waals surface area contributed by atoms with Crippen molar-refractivity contribution in [2.75, 3.05) is 5.73 Å². The van der Waals surface area contributed by atoms with E-state index in [1.807, 2.05) is 0 Å². The first kappa shape index (κ1) is 19.2. The first-order valence-electron chi connectivity index (χ1n) is 6.22. The Labute approximate surface area is 132 Å². The van der Waals surface area contributed by atoms with Gasteiger partial charge in [0.1, 0.15) is 0 Å². The third-order valence-corrected chi connectivity index (χ3v) is 2.61. The Morgan fingerprint density at radius 2 is 1.12 bits per heavy atom. The summed E-state index contributed by atoms with van der Waals surface area (Å²) in [6.45, 7) is 0. The first-order chi connectivity index (χ1) is 11.0. The van der Waals surface area contributed by atoms with E-state index in [-0.39, 0.29) is 5.69 Å². The second-order valence-electron chi connectivity index (χ2n) is 4.37. The summed E-state index contributed by atoms with van der Waals surface area (Å²) < 4.78 is 71.6. The average molecular weight is 348 g/mol. The summed E-state index contributed by atoms with van der Waals surface area (Å²) in [5, 5.41) is 0. The van der Waals surface area contributed by atoms with Gasteiger partial charge in [-0.3, -0.25) is 0 Å². The molecule has 2 aromatic carbocycles. The van der Waals surface area contributed by atoms with Crippen molar-refractivity contribution in [3.8, 4) is 0 Å². The lowest BCUT2D eigenvalue weighted by molar-refractivity contribution is -0.138. The molecule has 2 rings (SSSR count). The topological polar surface area (TPSA) is 55.5 Å². The highest BCUT2D eigenvalue weighted by Crippen LogP contribution is 2.30. The Morgan fingerprint density at radius 3 is 1.46 bits per heavy atom. The van der Waals surface area contributed by atoms with Gasteiger partial charge in [0.25, 0.3) is 0 Å². The molecule has 0 saturated carbocycles. The molecule has 0 spiro atoms. The van der Waals surface area contributed by atoms with Crippen LogP contribution in [0.2, 0.25) is 0 Å². The van der Waals surface area contributed by atoms with Crippen molar-refractivity contribution >= 4 is 17.5 Å². The molecule has 0 aliphatic carbocycles. The fourth-order valence-electron chi connectivity index (χ4n) is 1.45. The molecule has 3 nitrogen and oxygen atoms in total. The SMILES string of the molecule is Nc1ccc(C(F)(F)F)cc1.O=C=Nc1ccc(C(F)(F)F)cc1. The van der Waals surface area contributed by atoms with Gasteiger partial charge >= 0.3 is 12.4 Å². The van der Waals surface area contributed by atoms with Crippen LogP contribution in [0.3, 0.4) is 0 Å². The fourth-order valence-corrected chi connectivity index (χ4v) is 1.45. The maximum Gasteiger partial charge on any atom is 0.416 e. The number of anilines is 1. The van der Waals surface area contributed by atoms with Crippen molar-refractivity contribution in [1.82, 2.24) is 0 Å². The molecular formula is C15H10F6N2O. The molecule has 0 aromatic heterocycles. The van der Waals surface area contributed by atoms with E-state index in [1.165, 1.54) is 18.2 Å². The number of aliphatic imine (C=N–C) groups is 1. The van der Waals surface area contributed by atoms with Gasteiger partial charge in [-0.15, -0.1) is 0 Å². The largest absolute Gasteiger partial charge is 0.416 e. The molecule has 0 aliphatic rings. The second-order valence-corrected chi connectivity index (χ2v) is 4.37. The zero-order valence-electron chi connectivity index (χ0n) is 11.8. The maximum atomic E-state index is 12.0. The van der Waals surface area contributed by atoms with Gasteiger partial charge in [0, 0.05) is 5.69 Å². The minimum absolute atomic E-state index is 0.156. The van der Waals surface area contributed by atoms with Gasteiger partial charge in [0.05, 0.1) is 16.8 Å². The van der Waals surface area contributed by atoms with E-state index in [0.717, 1.165) is 36.4 Å². The number of nitrogens with two attached hydrogens (primary N) is 1. The van der Waals surface area contributed by atoms with E-state index in [2.05, 4.69) is 4.99 Å². The molecule has 2 N–H and O–H groups in total. The quantitative estimate of drug-likeness (QED) is 0.343. The van der Waals surface area contributed by atoms with Crippen LogP contribution >= 0.6 is 0 Å². The van der Waals surface area contributed by atoms with Crippen molar-refractivity contribution in [1.29, 1.82) is 0 Å². The number of isocyanates is 1. The smallest absolute Gasteiger partial charge is 0.399 e. The summed E-state index contributed by atoms with van der Waals surface area (Å²) >= 11 is 0. The molecule has 0 fully saturated rings. The highest BCUT2D eigenvalue weighted by molar-refractivity contribution is 5.49. The van der Waals surface area contributed by atoms with Gasteiger partial charge in [-0.2, -0.15) is 31.3 Å². The predicted molar refractivity (Wildman–Crippen MR) is 75.1 cm³/mol. The zero-order chi connectivity index (χ0) is 18.4. The minimum Gasteiger partial charge on any atom is -0.399 e. The Balaban J connectivity index is 0.000000243. The van der Waals surface area contributed by atoms with Crippen molar-refractivity contribution in [3.05, 3.63) is 59.7 Å². The first-order valence-corrected chi connectivity index (χ1v) is 6.22. The van der Waals surface area contributed by atoms with E-state index in [4.69, 9.17) is 5.73 Å².